The summed E-state index contributed by atoms with van der Waals surface area (Å²) in [6, 6.07) is 11.3. The molecule has 262 valence electrons. The molecule has 1 saturated heterocycles. The van der Waals surface area contributed by atoms with E-state index in [1.54, 1.807) is 53.4 Å². The zero-order chi connectivity index (χ0) is 36.3. The van der Waals surface area contributed by atoms with Crippen LogP contribution in [0.1, 0.15) is 44.0 Å². The first-order chi connectivity index (χ1) is 23.1. The number of hydrogen-bond acceptors (Lipinski definition) is 7. The van der Waals surface area contributed by atoms with Crippen LogP contribution < -0.4 is 16.0 Å². The van der Waals surface area contributed by atoms with Crippen molar-refractivity contribution < 1.29 is 42.3 Å². The van der Waals surface area contributed by atoms with Gasteiger partial charge in [0.2, 0.25) is 5.91 Å². The number of carbonyl (C=O) groups is 5. The third-order valence-corrected chi connectivity index (χ3v) is 7.43. The van der Waals surface area contributed by atoms with Gasteiger partial charge in [0.25, 0.3) is 17.7 Å². The van der Waals surface area contributed by atoms with Gasteiger partial charge in [0.05, 0.1) is 27.5 Å². The molecule has 4 rings (SSSR count). The summed E-state index contributed by atoms with van der Waals surface area (Å²) in [6.07, 6.45) is 0.592. The Labute approximate surface area is 288 Å². The van der Waals surface area contributed by atoms with Crippen molar-refractivity contribution in [2.75, 3.05) is 44.4 Å². The smallest absolute Gasteiger partial charge is 0.475 e. The molecule has 0 atom stereocenters. The number of rotatable bonds is 9. The van der Waals surface area contributed by atoms with E-state index < -0.39 is 24.0 Å². The van der Waals surface area contributed by atoms with Crippen LogP contribution in [-0.4, -0.2) is 101 Å². The lowest BCUT2D eigenvalue weighted by molar-refractivity contribution is -0.192. The molecule has 0 bridgehead atoms. The zero-order valence-corrected chi connectivity index (χ0v) is 27.6. The lowest BCUT2D eigenvalue weighted by Crippen LogP contribution is -2.46. The molecule has 49 heavy (non-hydrogen) atoms. The summed E-state index contributed by atoms with van der Waals surface area (Å²) in [5.41, 5.74) is 1.47. The molecule has 0 aliphatic carbocycles. The third-order valence-electron chi connectivity index (χ3n) is 6.80. The number of hydrogen-bond donors (Lipinski definition) is 5. The van der Waals surface area contributed by atoms with E-state index in [0.717, 1.165) is 0 Å². The highest BCUT2D eigenvalue weighted by atomic mass is 35.5. The van der Waals surface area contributed by atoms with Gasteiger partial charge in [-0.05, 0) is 63.3 Å². The van der Waals surface area contributed by atoms with Crippen molar-refractivity contribution in [2.45, 2.75) is 25.1 Å². The maximum atomic E-state index is 13.0. The molecule has 0 unspecified atom stereocenters. The number of halogens is 5. The number of carbonyl (C=O) groups excluding carboxylic acids is 4. The Morgan fingerprint density at radius 1 is 1.00 bits per heavy atom. The summed E-state index contributed by atoms with van der Waals surface area (Å²) < 4.78 is 31.7. The number of H-pyrrole nitrogens is 1. The first-order valence-corrected chi connectivity index (χ1v) is 15.2. The topological polar surface area (TPSA) is 177 Å². The van der Waals surface area contributed by atoms with Gasteiger partial charge >= 0.3 is 12.1 Å². The summed E-state index contributed by atoms with van der Waals surface area (Å²) in [5, 5.41) is 22.3. The molecule has 1 aromatic heterocycles. The predicted molar refractivity (Wildman–Crippen MR) is 176 cm³/mol. The standard InChI is InChI=1S/C29H31Cl2N7O4.C2HF3O2/c1-37(2)14-4-7-24(39)33-19-10-8-18(9-11-19)29(42)38-15-12-20(13-16-38)34-28(41)26-23(17-32-36-26)35-27(40)25-21(30)5-3-6-22(25)31;3-2(4,5)1(6)7/h3-11,17,20H,12-16H2,1-2H3,(H,32,36)(H,33,39)(H,34,41)(H,35,40);(H,6,7)/b7-4+;. The van der Waals surface area contributed by atoms with Gasteiger partial charge in [0.15, 0.2) is 0 Å². The van der Waals surface area contributed by atoms with Gasteiger partial charge in [-0.15, -0.1) is 0 Å². The van der Waals surface area contributed by atoms with E-state index in [1.807, 2.05) is 19.0 Å². The molecule has 0 spiro atoms. The average molecular weight is 727 g/mol. The minimum absolute atomic E-state index is 0.0883. The van der Waals surface area contributed by atoms with Crippen LogP contribution in [0, 0.1) is 0 Å². The van der Waals surface area contributed by atoms with Crippen molar-refractivity contribution in [3.8, 4) is 0 Å². The van der Waals surface area contributed by atoms with E-state index in [-0.39, 0.29) is 44.8 Å². The lowest BCUT2D eigenvalue weighted by atomic mass is 10.0. The van der Waals surface area contributed by atoms with Crippen LogP contribution in [0.2, 0.25) is 10.0 Å². The van der Waals surface area contributed by atoms with Crippen molar-refractivity contribution in [3.63, 3.8) is 0 Å². The van der Waals surface area contributed by atoms with Gasteiger partial charge in [0, 0.05) is 43.0 Å². The molecule has 13 nitrogen and oxygen atoms in total. The maximum Gasteiger partial charge on any atom is 0.490 e. The normalized spacial score (nSPS) is 13.4. The molecule has 18 heteroatoms. The fourth-order valence-corrected chi connectivity index (χ4v) is 4.94. The molecule has 2 heterocycles. The quantitative estimate of drug-likeness (QED) is 0.197. The van der Waals surface area contributed by atoms with Crippen molar-refractivity contribution in [2.24, 2.45) is 0 Å². The third kappa shape index (κ3) is 11.6. The van der Waals surface area contributed by atoms with Crippen LogP contribution in [0.3, 0.4) is 0 Å². The Hall–Kier alpha value is -4.93. The average Bonchev–Trinajstić information content (AvgIpc) is 3.49. The molecule has 0 saturated carbocycles. The number of nitrogens with one attached hydrogen (secondary N) is 4. The highest BCUT2D eigenvalue weighted by molar-refractivity contribution is 6.40. The fraction of sp³-hybridized carbons (Fsp3) is 0.290. The summed E-state index contributed by atoms with van der Waals surface area (Å²) in [6.45, 7) is 1.57. The first kappa shape index (κ1) is 38.5. The predicted octanol–water partition coefficient (Wildman–Crippen LogP) is 4.69. The summed E-state index contributed by atoms with van der Waals surface area (Å²) in [4.78, 5) is 63.4. The van der Waals surface area contributed by atoms with Gasteiger partial charge in [-0.1, -0.05) is 35.3 Å². The van der Waals surface area contributed by atoms with E-state index in [2.05, 4.69) is 26.1 Å². The lowest BCUT2D eigenvalue weighted by Gasteiger charge is -2.32. The maximum absolute atomic E-state index is 13.0. The van der Waals surface area contributed by atoms with Crippen LogP contribution in [0.25, 0.3) is 0 Å². The van der Waals surface area contributed by atoms with Crippen LogP contribution in [-0.2, 0) is 9.59 Å². The van der Waals surface area contributed by atoms with E-state index in [4.69, 9.17) is 33.1 Å². The second-order valence-electron chi connectivity index (χ2n) is 10.8. The fourth-order valence-electron chi connectivity index (χ4n) is 4.37. The molecule has 0 radical (unpaired) electrons. The number of piperidine rings is 1. The Morgan fingerprint density at radius 3 is 2.14 bits per heavy atom. The summed E-state index contributed by atoms with van der Waals surface area (Å²) in [5.74, 6) is -4.13. The number of aromatic nitrogens is 2. The molecular formula is C31H32Cl2F3N7O6. The Bertz CT molecular complexity index is 1670. The summed E-state index contributed by atoms with van der Waals surface area (Å²) >= 11 is 12.2. The van der Waals surface area contributed by atoms with Crippen LogP contribution in [0.5, 0.6) is 0 Å². The van der Waals surface area contributed by atoms with Gasteiger partial charge in [-0.25, -0.2) is 4.79 Å². The second-order valence-corrected chi connectivity index (χ2v) is 11.6. The van der Waals surface area contributed by atoms with Gasteiger partial charge in [-0.3, -0.25) is 24.3 Å². The number of likely N-dealkylation sites (N-methyl/N-ethyl adjacent to an activating group) is 1. The van der Waals surface area contributed by atoms with Crippen LogP contribution in [0.15, 0.2) is 60.8 Å². The monoisotopic (exact) mass is 725 g/mol. The number of benzene rings is 2. The van der Waals surface area contributed by atoms with Crippen molar-refractivity contribution in [1.82, 2.24) is 25.3 Å². The van der Waals surface area contributed by atoms with Gasteiger partial charge in [0.1, 0.15) is 5.69 Å². The number of nitrogens with zero attached hydrogens (tertiary/aromatic N) is 3. The minimum Gasteiger partial charge on any atom is -0.475 e. The number of aromatic amines is 1. The number of aliphatic carboxylic acids is 1. The largest absolute Gasteiger partial charge is 0.490 e. The molecule has 2 aromatic carbocycles. The Morgan fingerprint density at radius 2 is 1.59 bits per heavy atom. The number of likely N-dealkylation sites (tertiary alicyclic amines) is 1. The number of anilines is 2. The molecule has 3 aromatic rings. The SMILES string of the molecule is CN(C)C/C=C/C(=O)Nc1ccc(C(=O)N2CCC(NC(=O)c3[nH]ncc3NC(=O)c3c(Cl)cccc3Cl)CC2)cc1.O=C(O)C(F)(F)F. The van der Waals surface area contributed by atoms with Crippen LogP contribution in [0.4, 0.5) is 24.5 Å². The number of carboxylic acid groups (broad SMARTS) is 1. The number of amides is 4. The van der Waals surface area contributed by atoms with Crippen molar-refractivity contribution in [3.05, 3.63) is 87.7 Å². The Kier molecular flexibility index (Phi) is 13.7. The highest BCUT2D eigenvalue weighted by Crippen LogP contribution is 2.26. The van der Waals surface area contributed by atoms with E-state index in [9.17, 15) is 32.3 Å². The van der Waals surface area contributed by atoms with Crippen molar-refractivity contribution >= 4 is 64.2 Å². The van der Waals surface area contributed by atoms with Gasteiger partial charge in [-0.2, -0.15) is 18.3 Å². The second kappa shape index (κ2) is 17.5. The molecular weight excluding hydrogens is 694 g/mol. The number of carboxylic acids is 1. The van der Waals surface area contributed by atoms with Crippen molar-refractivity contribution in [1.29, 1.82) is 0 Å². The van der Waals surface area contributed by atoms with E-state index in [0.29, 0.717) is 43.7 Å². The first-order valence-electron chi connectivity index (χ1n) is 14.5. The Balaban J connectivity index is 0.000000838. The zero-order valence-electron chi connectivity index (χ0n) is 26.1. The molecule has 4 amide bonds. The molecule has 5 N–H and O–H groups in total. The molecule has 1 fully saturated rings. The van der Waals surface area contributed by atoms with E-state index in [1.165, 1.54) is 12.3 Å². The minimum atomic E-state index is -5.08. The number of alkyl halides is 3. The highest BCUT2D eigenvalue weighted by Gasteiger charge is 2.38. The van der Waals surface area contributed by atoms with Crippen LogP contribution >= 0.6 is 23.2 Å². The summed E-state index contributed by atoms with van der Waals surface area (Å²) in [7, 11) is 3.83. The molecule has 1 aliphatic heterocycles. The molecule has 1 aliphatic rings. The van der Waals surface area contributed by atoms with Gasteiger partial charge < -0.3 is 30.9 Å². The van der Waals surface area contributed by atoms with E-state index >= 15 is 0 Å².